The zero-order chi connectivity index (χ0) is 19.5. The molecule has 0 bridgehead atoms. The summed E-state index contributed by atoms with van der Waals surface area (Å²) in [7, 11) is 0. The van der Waals surface area contributed by atoms with E-state index in [1.165, 1.54) is 10.1 Å². The van der Waals surface area contributed by atoms with Gasteiger partial charge in [0.15, 0.2) is 0 Å². The second-order valence-electron chi connectivity index (χ2n) is 7.55. The van der Waals surface area contributed by atoms with Crippen molar-refractivity contribution in [3.8, 4) is 10.6 Å². The normalized spacial score (nSPS) is 20.5. The quantitative estimate of drug-likeness (QED) is 0.580. The molecular formula is C21H26ClN5S. The first-order chi connectivity index (χ1) is 13.6. The van der Waals surface area contributed by atoms with E-state index in [9.17, 15) is 0 Å². The van der Waals surface area contributed by atoms with Gasteiger partial charge in [-0.1, -0.05) is 29.8 Å². The SMILES string of the molecule is CC1CN(CCCNc2ncc(Cl)c(-c3cc4ccccc4s3)n2)CC(C)N1. The lowest BCUT2D eigenvalue weighted by Crippen LogP contribution is -2.54. The highest BCUT2D eigenvalue weighted by atomic mass is 35.5. The first-order valence-electron chi connectivity index (χ1n) is 9.82. The molecule has 1 aromatic carbocycles. The van der Waals surface area contributed by atoms with Crippen molar-refractivity contribution in [3.63, 3.8) is 0 Å². The molecule has 2 atom stereocenters. The Bertz CT molecular complexity index is 900. The number of thiophene rings is 1. The van der Waals surface area contributed by atoms with Gasteiger partial charge in [-0.25, -0.2) is 9.97 Å². The molecule has 2 aromatic heterocycles. The summed E-state index contributed by atoms with van der Waals surface area (Å²) in [6.07, 6.45) is 2.75. The van der Waals surface area contributed by atoms with E-state index in [4.69, 9.17) is 11.6 Å². The maximum atomic E-state index is 6.39. The van der Waals surface area contributed by atoms with E-state index in [-0.39, 0.29) is 0 Å². The lowest BCUT2D eigenvalue weighted by Gasteiger charge is -2.36. The number of nitrogens with zero attached hydrogens (tertiary/aromatic N) is 3. The van der Waals surface area contributed by atoms with Crippen molar-refractivity contribution >= 4 is 39.0 Å². The van der Waals surface area contributed by atoms with Gasteiger partial charge in [0, 0.05) is 36.4 Å². The molecule has 3 heterocycles. The van der Waals surface area contributed by atoms with Crippen molar-refractivity contribution in [1.82, 2.24) is 20.2 Å². The highest BCUT2D eigenvalue weighted by Crippen LogP contribution is 2.35. The lowest BCUT2D eigenvalue weighted by atomic mass is 10.1. The summed E-state index contributed by atoms with van der Waals surface area (Å²) in [5.74, 6) is 0.638. The Kier molecular flexibility index (Phi) is 6.11. The molecule has 4 rings (SSSR count). The summed E-state index contributed by atoms with van der Waals surface area (Å²) >= 11 is 8.10. The molecule has 2 N–H and O–H groups in total. The maximum absolute atomic E-state index is 6.39. The molecule has 5 nitrogen and oxygen atoms in total. The maximum Gasteiger partial charge on any atom is 0.223 e. The number of benzene rings is 1. The molecule has 1 saturated heterocycles. The van der Waals surface area contributed by atoms with Crippen LogP contribution in [-0.2, 0) is 0 Å². The van der Waals surface area contributed by atoms with Crippen LogP contribution in [0.4, 0.5) is 5.95 Å². The number of nitrogens with one attached hydrogen (secondary N) is 2. The number of rotatable bonds is 6. The van der Waals surface area contributed by atoms with Crippen molar-refractivity contribution in [2.24, 2.45) is 0 Å². The summed E-state index contributed by atoms with van der Waals surface area (Å²) in [5.41, 5.74) is 0.796. The Balaban J connectivity index is 1.37. The summed E-state index contributed by atoms with van der Waals surface area (Å²) in [5, 5.41) is 8.73. The van der Waals surface area contributed by atoms with Crippen LogP contribution < -0.4 is 10.6 Å². The molecule has 1 fully saturated rings. The van der Waals surface area contributed by atoms with Gasteiger partial charge >= 0.3 is 0 Å². The van der Waals surface area contributed by atoms with Crippen LogP contribution in [0.15, 0.2) is 36.5 Å². The highest BCUT2D eigenvalue weighted by Gasteiger charge is 2.20. The average Bonchev–Trinajstić information content (AvgIpc) is 3.09. The van der Waals surface area contributed by atoms with Gasteiger partial charge in [-0.15, -0.1) is 11.3 Å². The molecule has 2 unspecified atom stereocenters. The molecule has 0 amide bonds. The fraction of sp³-hybridized carbons (Fsp3) is 0.429. The first-order valence-corrected chi connectivity index (χ1v) is 11.0. The predicted molar refractivity (Wildman–Crippen MR) is 119 cm³/mol. The third kappa shape index (κ3) is 4.63. The van der Waals surface area contributed by atoms with Crippen LogP contribution in [0, 0.1) is 0 Å². The van der Waals surface area contributed by atoms with E-state index in [0.29, 0.717) is 23.1 Å². The zero-order valence-electron chi connectivity index (χ0n) is 16.3. The summed E-state index contributed by atoms with van der Waals surface area (Å²) in [6.45, 7) is 8.64. The van der Waals surface area contributed by atoms with Crippen LogP contribution >= 0.6 is 22.9 Å². The second kappa shape index (κ2) is 8.74. The fourth-order valence-electron chi connectivity index (χ4n) is 3.85. The van der Waals surface area contributed by atoms with Crippen LogP contribution in [0.5, 0.6) is 0 Å². The molecule has 28 heavy (non-hydrogen) atoms. The Hall–Kier alpha value is -1.73. The van der Waals surface area contributed by atoms with Crippen LogP contribution in [0.2, 0.25) is 5.02 Å². The minimum atomic E-state index is 0.556. The third-order valence-electron chi connectivity index (χ3n) is 4.97. The fourth-order valence-corrected chi connectivity index (χ4v) is 5.16. The van der Waals surface area contributed by atoms with E-state index in [1.807, 2.05) is 6.07 Å². The molecule has 148 valence electrons. The standard InChI is InChI=1S/C21H26ClN5S/c1-14-12-27(13-15(2)25-14)9-5-8-23-21-24-11-17(22)20(26-21)19-10-16-6-3-4-7-18(16)28-19/h3-4,6-7,10-11,14-15,25H,5,8-9,12-13H2,1-2H3,(H,23,24,26). The predicted octanol–water partition coefficient (Wildman–Crippen LogP) is 4.50. The molecule has 1 aliphatic rings. The van der Waals surface area contributed by atoms with Gasteiger partial charge < -0.3 is 15.5 Å². The first kappa shape index (κ1) is 19.6. The van der Waals surface area contributed by atoms with Gasteiger partial charge in [0.25, 0.3) is 0 Å². The third-order valence-corrected chi connectivity index (χ3v) is 6.37. The number of aromatic nitrogens is 2. The minimum absolute atomic E-state index is 0.556. The van der Waals surface area contributed by atoms with Gasteiger partial charge in [-0.2, -0.15) is 0 Å². The van der Waals surface area contributed by atoms with E-state index < -0.39 is 0 Å². The van der Waals surface area contributed by atoms with Crippen LogP contribution in [0.3, 0.4) is 0 Å². The van der Waals surface area contributed by atoms with Crippen molar-refractivity contribution in [1.29, 1.82) is 0 Å². The summed E-state index contributed by atoms with van der Waals surface area (Å²) in [6, 6.07) is 11.6. The van der Waals surface area contributed by atoms with Crippen LogP contribution in [-0.4, -0.2) is 53.1 Å². The van der Waals surface area contributed by atoms with E-state index in [1.54, 1.807) is 17.5 Å². The van der Waals surface area contributed by atoms with E-state index in [2.05, 4.69) is 63.6 Å². The highest BCUT2D eigenvalue weighted by molar-refractivity contribution is 7.22. The van der Waals surface area contributed by atoms with Crippen molar-refractivity contribution < 1.29 is 0 Å². The van der Waals surface area contributed by atoms with Gasteiger partial charge in [0.1, 0.15) is 5.69 Å². The summed E-state index contributed by atoms with van der Waals surface area (Å²) in [4.78, 5) is 12.6. The second-order valence-corrected chi connectivity index (χ2v) is 9.04. The number of halogens is 1. The molecule has 7 heteroatoms. The Morgan fingerprint density at radius 3 is 2.82 bits per heavy atom. The Morgan fingerprint density at radius 1 is 1.25 bits per heavy atom. The molecule has 0 saturated carbocycles. The van der Waals surface area contributed by atoms with Gasteiger partial charge in [0.2, 0.25) is 5.95 Å². The Morgan fingerprint density at radius 2 is 2.04 bits per heavy atom. The molecule has 0 radical (unpaired) electrons. The number of piperazine rings is 1. The van der Waals surface area contributed by atoms with Crippen LogP contribution in [0.1, 0.15) is 20.3 Å². The van der Waals surface area contributed by atoms with Gasteiger partial charge in [-0.3, -0.25) is 0 Å². The van der Waals surface area contributed by atoms with E-state index >= 15 is 0 Å². The van der Waals surface area contributed by atoms with Gasteiger partial charge in [-0.05, 0) is 44.3 Å². The number of hydrogen-bond acceptors (Lipinski definition) is 6. The Labute approximate surface area is 175 Å². The summed E-state index contributed by atoms with van der Waals surface area (Å²) < 4.78 is 1.24. The van der Waals surface area contributed by atoms with E-state index in [0.717, 1.165) is 43.2 Å². The van der Waals surface area contributed by atoms with Crippen molar-refractivity contribution in [3.05, 3.63) is 41.6 Å². The molecular weight excluding hydrogens is 390 g/mol. The van der Waals surface area contributed by atoms with Gasteiger partial charge in [0.05, 0.1) is 16.1 Å². The average molecular weight is 416 g/mol. The van der Waals surface area contributed by atoms with Crippen molar-refractivity contribution in [2.75, 3.05) is 31.5 Å². The molecule has 0 spiro atoms. The lowest BCUT2D eigenvalue weighted by molar-refractivity contribution is 0.173. The number of hydrogen-bond donors (Lipinski definition) is 2. The molecule has 0 aliphatic carbocycles. The smallest absolute Gasteiger partial charge is 0.223 e. The molecule has 1 aliphatic heterocycles. The minimum Gasteiger partial charge on any atom is -0.354 e. The zero-order valence-corrected chi connectivity index (χ0v) is 17.9. The van der Waals surface area contributed by atoms with Crippen molar-refractivity contribution in [2.45, 2.75) is 32.4 Å². The molecule has 3 aromatic rings. The number of anilines is 1. The number of fused-ring (bicyclic) bond motifs is 1. The largest absolute Gasteiger partial charge is 0.354 e. The van der Waals surface area contributed by atoms with Crippen LogP contribution in [0.25, 0.3) is 20.7 Å². The monoisotopic (exact) mass is 415 g/mol. The topological polar surface area (TPSA) is 53.1 Å².